The highest BCUT2D eigenvalue weighted by molar-refractivity contribution is 6.16. The van der Waals surface area contributed by atoms with E-state index in [9.17, 15) is 13.2 Å². The largest absolute Gasteiger partial charge is 0.573 e. The van der Waals surface area contributed by atoms with E-state index < -0.39 is 6.36 Å². The molecule has 102 valence electrons. The van der Waals surface area contributed by atoms with E-state index in [0.29, 0.717) is 5.69 Å². The molecule has 0 bridgehead atoms. The van der Waals surface area contributed by atoms with Gasteiger partial charge in [-0.15, -0.1) is 24.8 Å². The van der Waals surface area contributed by atoms with Crippen molar-refractivity contribution < 1.29 is 27.1 Å². The summed E-state index contributed by atoms with van der Waals surface area (Å²) in [4.78, 5) is 3.87. The molecule has 0 aliphatic rings. The first-order valence-corrected chi connectivity index (χ1v) is 5.54. The molecule has 0 radical (unpaired) electrons. The summed E-state index contributed by atoms with van der Waals surface area (Å²) in [6.07, 6.45) is -3.44. The standard InChI is InChI=1S/C11H7ClF3NO3/c12-5-7-6-17-10(16-7)18-8-1-3-9(4-2-8)19-11(13,14)15/h1-4,6H,5H2. The third kappa shape index (κ3) is 4.06. The summed E-state index contributed by atoms with van der Waals surface area (Å²) in [7, 11) is 0. The van der Waals surface area contributed by atoms with E-state index in [1.165, 1.54) is 18.4 Å². The van der Waals surface area contributed by atoms with Crippen LogP contribution in [0.1, 0.15) is 5.69 Å². The van der Waals surface area contributed by atoms with Crippen molar-refractivity contribution in [2.75, 3.05) is 0 Å². The predicted molar refractivity (Wildman–Crippen MR) is 59.3 cm³/mol. The van der Waals surface area contributed by atoms with Crippen molar-refractivity contribution in [2.24, 2.45) is 0 Å². The summed E-state index contributed by atoms with van der Waals surface area (Å²) in [5.74, 6) is 0.0943. The van der Waals surface area contributed by atoms with Gasteiger partial charge in [-0.2, -0.15) is 4.98 Å². The molecule has 0 saturated heterocycles. The molecule has 0 amide bonds. The number of nitrogens with zero attached hydrogens (tertiary/aromatic N) is 1. The average molecular weight is 294 g/mol. The number of benzene rings is 1. The highest BCUT2D eigenvalue weighted by atomic mass is 35.5. The van der Waals surface area contributed by atoms with E-state index in [1.807, 2.05) is 0 Å². The first kappa shape index (κ1) is 13.5. The number of halogens is 4. The average Bonchev–Trinajstić information content (AvgIpc) is 2.77. The zero-order valence-corrected chi connectivity index (χ0v) is 10.0. The minimum atomic E-state index is -4.72. The summed E-state index contributed by atoms with van der Waals surface area (Å²) in [5.41, 5.74) is 0.494. The molecule has 0 aliphatic heterocycles. The van der Waals surface area contributed by atoms with Gasteiger partial charge < -0.3 is 13.9 Å². The van der Waals surface area contributed by atoms with Gasteiger partial charge in [-0.05, 0) is 24.3 Å². The molecule has 0 unspecified atom stereocenters. The molecular formula is C11H7ClF3NO3. The van der Waals surface area contributed by atoms with Gasteiger partial charge in [-0.25, -0.2) is 0 Å². The molecule has 19 heavy (non-hydrogen) atoms. The van der Waals surface area contributed by atoms with Crippen LogP contribution in [-0.2, 0) is 5.88 Å². The predicted octanol–water partition coefficient (Wildman–Crippen LogP) is 4.10. The maximum absolute atomic E-state index is 11.9. The van der Waals surface area contributed by atoms with Gasteiger partial charge in [0, 0.05) is 0 Å². The maximum Gasteiger partial charge on any atom is 0.573 e. The summed E-state index contributed by atoms with van der Waals surface area (Å²) >= 11 is 5.52. The minimum Gasteiger partial charge on any atom is -0.417 e. The lowest BCUT2D eigenvalue weighted by atomic mass is 10.3. The number of hydrogen-bond acceptors (Lipinski definition) is 4. The van der Waals surface area contributed by atoms with E-state index in [-0.39, 0.29) is 23.5 Å². The van der Waals surface area contributed by atoms with Gasteiger partial charge in [-0.1, -0.05) is 0 Å². The zero-order chi connectivity index (χ0) is 13.9. The van der Waals surface area contributed by atoms with Crippen molar-refractivity contribution in [3.63, 3.8) is 0 Å². The van der Waals surface area contributed by atoms with Crippen LogP contribution in [0.2, 0.25) is 0 Å². The molecule has 1 aromatic carbocycles. The second-order valence-corrected chi connectivity index (χ2v) is 3.63. The van der Waals surface area contributed by atoms with Crippen LogP contribution in [0.5, 0.6) is 17.6 Å². The van der Waals surface area contributed by atoms with Gasteiger partial charge in [0.2, 0.25) is 0 Å². The van der Waals surface area contributed by atoms with Gasteiger partial charge in [0.05, 0.1) is 11.6 Å². The maximum atomic E-state index is 11.9. The fourth-order valence-electron chi connectivity index (χ4n) is 1.21. The number of oxazole rings is 1. The van der Waals surface area contributed by atoms with Crippen LogP contribution >= 0.6 is 11.6 Å². The quantitative estimate of drug-likeness (QED) is 0.796. The summed E-state index contributed by atoms with van der Waals surface area (Å²) in [6, 6.07) is 4.83. The highest BCUT2D eigenvalue weighted by Gasteiger charge is 2.30. The number of aromatic nitrogens is 1. The molecule has 2 rings (SSSR count). The molecule has 4 nitrogen and oxygen atoms in total. The molecule has 2 aromatic rings. The molecule has 0 aliphatic carbocycles. The zero-order valence-electron chi connectivity index (χ0n) is 9.28. The lowest BCUT2D eigenvalue weighted by Gasteiger charge is -2.08. The lowest BCUT2D eigenvalue weighted by molar-refractivity contribution is -0.274. The number of ether oxygens (including phenoxy) is 2. The molecule has 0 N–H and O–H groups in total. The Bertz CT molecular complexity index is 539. The van der Waals surface area contributed by atoms with Gasteiger partial charge in [0.1, 0.15) is 17.8 Å². The van der Waals surface area contributed by atoms with E-state index in [4.69, 9.17) is 20.8 Å². The van der Waals surface area contributed by atoms with Crippen molar-refractivity contribution in [3.05, 3.63) is 36.2 Å². The Hall–Kier alpha value is -1.89. The van der Waals surface area contributed by atoms with Gasteiger partial charge >= 0.3 is 12.4 Å². The fourth-order valence-corrected chi connectivity index (χ4v) is 1.33. The monoisotopic (exact) mass is 293 g/mol. The lowest BCUT2D eigenvalue weighted by Crippen LogP contribution is -2.16. The van der Waals surface area contributed by atoms with E-state index >= 15 is 0 Å². The van der Waals surface area contributed by atoms with Crippen molar-refractivity contribution in [1.82, 2.24) is 4.98 Å². The Morgan fingerprint density at radius 3 is 2.32 bits per heavy atom. The Kier molecular flexibility index (Phi) is 3.84. The molecular weight excluding hydrogens is 287 g/mol. The Morgan fingerprint density at radius 2 is 1.79 bits per heavy atom. The summed E-state index contributed by atoms with van der Waals surface area (Å²) in [6.45, 7) is 0. The van der Waals surface area contributed by atoms with Crippen LogP contribution in [0.4, 0.5) is 13.2 Å². The first-order chi connectivity index (χ1) is 8.96. The van der Waals surface area contributed by atoms with Gasteiger partial charge in [-0.3, -0.25) is 0 Å². The first-order valence-electron chi connectivity index (χ1n) is 5.00. The SMILES string of the molecule is FC(F)(F)Oc1ccc(Oc2nc(CCl)co2)cc1. The molecule has 1 aromatic heterocycles. The smallest absolute Gasteiger partial charge is 0.417 e. The van der Waals surface area contributed by atoms with Crippen LogP contribution < -0.4 is 9.47 Å². The van der Waals surface area contributed by atoms with Crippen molar-refractivity contribution in [1.29, 1.82) is 0 Å². The van der Waals surface area contributed by atoms with Crippen LogP contribution in [0.15, 0.2) is 34.9 Å². The molecule has 0 atom stereocenters. The molecule has 1 heterocycles. The molecule has 8 heteroatoms. The Labute approximate surface area is 110 Å². The summed E-state index contributed by atoms with van der Waals surface area (Å²) in [5, 5.41) is 0. The van der Waals surface area contributed by atoms with Gasteiger partial charge in [0.15, 0.2) is 0 Å². The number of alkyl halides is 4. The van der Waals surface area contributed by atoms with Crippen molar-refractivity contribution in [3.8, 4) is 17.6 Å². The topological polar surface area (TPSA) is 44.5 Å². The molecule has 0 saturated carbocycles. The summed E-state index contributed by atoms with van der Waals surface area (Å²) < 4.78 is 49.6. The highest BCUT2D eigenvalue weighted by Crippen LogP contribution is 2.27. The number of rotatable bonds is 4. The normalized spacial score (nSPS) is 11.4. The van der Waals surface area contributed by atoms with Crippen LogP contribution in [-0.4, -0.2) is 11.3 Å². The van der Waals surface area contributed by atoms with E-state index in [0.717, 1.165) is 12.1 Å². The number of hydrogen-bond donors (Lipinski definition) is 0. The molecule has 0 spiro atoms. The fraction of sp³-hybridized carbons (Fsp3) is 0.182. The third-order valence-electron chi connectivity index (χ3n) is 1.93. The Morgan fingerprint density at radius 1 is 1.16 bits per heavy atom. The third-order valence-corrected chi connectivity index (χ3v) is 2.20. The van der Waals surface area contributed by atoms with E-state index in [2.05, 4.69) is 9.72 Å². The van der Waals surface area contributed by atoms with E-state index in [1.54, 1.807) is 0 Å². The second-order valence-electron chi connectivity index (χ2n) is 3.36. The van der Waals surface area contributed by atoms with Crippen molar-refractivity contribution >= 4 is 11.6 Å². The van der Waals surface area contributed by atoms with Crippen LogP contribution in [0.3, 0.4) is 0 Å². The second kappa shape index (κ2) is 5.40. The van der Waals surface area contributed by atoms with Crippen LogP contribution in [0, 0.1) is 0 Å². The van der Waals surface area contributed by atoms with Gasteiger partial charge in [0.25, 0.3) is 0 Å². The van der Waals surface area contributed by atoms with Crippen molar-refractivity contribution in [2.45, 2.75) is 12.2 Å². The minimum absolute atomic E-state index is 0.0415. The Balaban J connectivity index is 2.02. The van der Waals surface area contributed by atoms with Crippen LogP contribution in [0.25, 0.3) is 0 Å². The molecule has 0 fully saturated rings.